The Morgan fingerprint density at radius 3 is 2.50 bits per heavy atom. The van der Waals surface area contributed by atoms with Gasteiger partial charge in [0, 0.05) is 5.56 Å². The summed E-state index contributed by atoms with van der Waals surface area (Å²) in [6, 6.07) is 17.2. The second kappa shape index (κ2) is 8.08. The molecular formula is C23H13F2NO4. The lowest BCUT2D eigenvalue weighted by atomic mass is 10.2. The summed E-state index contributed by atoms with van der Waals surface area (Å²) in [6.07, 6.45) is 1.46. The zero-order valence-corrected chi connectivity index (χ0v) is 15.3. The SMILES string of the molecule is O=C1OC(c2ccc(F)cc2)=N/C1=C\c1cccc(OC(=O)c2ccccc2F)c1. The third kappa shape index (κ3) is 4.15. The highest BCUT2D eigenvalue weighted by molar-refractivity contribution is 6.12. The molecule has 1 aliphatic heterocycles. The zero-order chi connectivity index (χ0) is 21.1. The first-order chi connectivity index (χ1) is 14.5. The number of benzene rings is 3. The largest absolute Gasteiger partial charge is 0.423 e. The van der Waals surface area contributed by atoms with E-state index in [0.717, 1.165) is 0 Å². The van der Waals surface area contributed by atoms with Gasteiger partial charge in [-0.1, -0.05) is 24.3 Å². The second-order valence-corrected chi connectivity index (χ2v) is 6.28. The van der Waals surface area contributed by atoms with Gasteiger partial charge in [-0.3, -0.25) is 0 Å². The zero-order valence-electron chi connectivity index (χ0n) is 15.3. The van der Waals surface area contributed by atoms with E-state index in [9.17, 15) is 18.4 Å². The predicted octanol–water partition coefficient (Wildman–Crippen LogP) is 4.53. The van der Waals surface area contributed by atoms with Crippen molar-refractivity contribution in [1.82, 2.24) is 0 Å². The number of esters is 2. The number of rotatable bonds is 4. The fraction of sp³-hybridized carbons (Fsp3) is 0. The molecule has 0 fully saturated rings. The molecule has 0 N–H and O–H groups in total. The van der Waals surface area contributed by atoms with Crippen molar-refractivity contribution in [1.29, 1.82) is 0 Å². The van der Waals surface area contributed by atoms with Crippen molar-refractivity contribution in [3.8, 4) is 5.75 Å². The number of cyclic esters (lactones) is 1. The minimum Gasteiger partial charge on any atom is -0.423 e. The van der Waals surface area contributed by atoms with Crippen LogP contribution < -0.4 is 4.74 Å². The van der Waals surface area contributed by atoms with Crippen LogP contribution in [0.3, 0.4) is 0 Å². The Morgan fingerprint density at radius 1 is 0.967 bits per heavy atom. The van der Waals surface area contributed by atoms with Crippen molar-refractivity contribution < 1.29 is 27.8 Å². The van der Waals surface area contributed by atoms with Crippen molar-refractivity contribution in [2.24, 2.45) is 4.99 Å². The summed E-state index contributed by atoms with van der Waals surface area (Å²) < 4.78 is 37.1. The Kier molecular flexibility index (Phi) is 5.17. The summed E-state index contributed by atoms with van der Waals surface area (Å²) >= 11 is 0. The van der Waals surface area contributed by atoms with Crippen LogP contribution in [-0.2, 0) is 9.53 Å². The summed E-state index contributed by atoms with van der Waals surface area (Å²) in [5, 5.41) is 0. The summed E-state index contributed by atoms with van der Waals surface area (Å²) in [5.41, 5.74) is 0.826. The van der Waals surface area contributed by atoms with E-state index in [-0.39, 0.29) is 22.9 Å². The quantitative estimate of drug-likeness (QED) is 0.364. The van der Waals surface area contributed by atoms with Gasteiger partial charge in [-0.2, -0.15) is 0 Å². The summed E-state index contributed by atoms with van der Waals surface area (Å²) in [7, 11) is 0. The molecule has 0 aliphatic carbocycles. The summed E-state index contributed by atoms with van der Waals surface area (Å²) in [4.78, 5) is 28.4. The number of aliphatic imine (C=N–C) groups is 1. The Balaban J connectivity index is 1.56. The lowest BCUT2D eigenvalue weighted by Crippen LogP contribution is -2.10. The van der Waals surface area contributed by atoms with Crippen LogP contribution in [0.2, 0.25) is 0 Å². The fourth-order valence-electron chi connectivity index (χ4n) is 2.74. The normalized spacial score (nSPS) is 14.4. The fourth-order valence-corrected chi connectivity index (χ4v) is 2.74. The first-order valence-electron chi connectivity index (χ1n) is 8.85. The van der Waals surface area contributed by atoms with E-state index in [4.69, 9.17) is 9.47 Å². The second-order valence-electron chi connectivity index (χ2n) is 6.28. The topological polar surface area (TPSA) is 65.0 Å². The lowest BCUT2D eigenvalue weighted by Gasteiger charge is -2.06. The molecule has 0 saturated carbocycles. The highest BCUT2D eigenvalue weighted by Gasteiger charge is 2.24. The number of halogens is 2. The molecule has 0 saturated heterocycles. The van der Waals surface area contributed by atoms with Crippen molar-refractivity contribution in [2.45, 2.75) is 0 Å². The first-order valence-corrected chi connectivity index (χ1v) is 8.85. The molecule has 3 aromatic carbocycles. The molecule has 3 aromatic rings. The maximum atomic E-state index is 13.7. The minimum absolute atomic E-state index is 0.0342. The van der Waals surface area contributed by atoms with Crippen molar-refractivity contribution in [3.63, 3.8) is 0 Å². The molecular weight excluding hydrogens is 392 g/mol. The van der Waals surface area contributed by atoms with E-state index >= 15 is 0 Å². The van der Waals surface area contributed by atoms with Crippen LogP contribution in [0.5, 0.6) is 5.75 Å². The summed E-state index contributed by atoms with van der Waals surface area (Å²) in [5.74, 6) is -2.36. The number of hydrogen-bond donors (Lipinski definition) is 0. The van der Waals surface area contributed by atoms with Crippen LogP contribution in [0.25, 0.3) is 6.08 Å². The molecule has 0 unspecified atom stereocenters. The van der Waals surface area contributed by atoms with Gasteiger partial charge in [-0.15, -0.1) is 0 Å². The van der Waals surface area contributed by atoms with Gasteiger partial charge in [0.2, 0.25) is 5.90 Å². The maximum absolute atomic E-state index is 13.7. The Bertz CT molecular complexity index is 1200. The van der Waals surface area contributed by atoms with Crippen LogP contribution in [0.4, 0.5) is 8.78 Å². The Hall–Kier alpha value is -4.13. The first kappa shape index (κ1) is 19.2. The molecule has 148 valence electrons. The molecule has 30 heavy (non-hydrogen) atoms. The maximum Gasteiger partial charge on any atom is 0.363 e. The van der Waals surface area contributed by atoms with Crippen LogP contribution in [0, 0.1) is 11.6 Å². The molecule has 5 nitrogen and oxygen atoms in total. The molecule has 0 radical (unpaired) electrons. The lowest BCUT2D eigenvalue weighted by molar-refractivity contribution is -0.129. The Morgan fingerprint density at radius 2 is 1.73 bits per heavy atom. The smallest absolute Gasteiger partial charge is 0.363 e. The molecule has 1 aliphatic rings. The number of ether oxygens (including phenoxy) is 2. The number of carbonyl (C=O) groups is 2. The third-order valence-electron chi connectivity index (χ3n) is 4.18. The van der Waals surface area contributed by atoms with E-state index in [1.54, 1.807) is 12.1 Å². The number of carbonyl (C=O) groups excluding carboxylic acids is 2. The van der Waals surface area contributed by atoms with Crippen molar-refractivity contribution in [3.05, 3.63) is 107 Å². The van der Waals surface area contributed by atoms with Gasteiger partial charge in [0.25, 0.3) is 0 Å². The predicted molar refractivity (Wildman–Crippen MR) is 105 cm³/mol. The standard InChI is InChI=1S/C23H13F2NO4/c24-16-10-8-15(9-11-16)21-26-20(23(28)30-21)13-14-4-3-5-17(12-14)29-22(27)18-6-1-2-7-19(18)25/h1-13H/b20-13-. The van der Waals surface area contributed by atoms with E-state index in [2.05, 4.69) is 4.99 Å². The number of nitrogens with zero attached hydrogens (tertiary/aromatic N) is 1. The van der Waals surface area contributed by atoms with Crippen molar-refractivity contribution in [2.75, 3.05) is 0 Å². The van der Waals surface area contributed by atoms with Crippen LogP contribution in [-0.4, -0.2) is 17.8 Å². The molecule has 0 aromatic heterocycles. The van der Waals surface area contributed by atoms with Gasteiger partial charge in [-0.05, 0) is 60.2 Å². The van der Waals surface area contributed by atoms with Gasteiger partial charge in [0.1, 0.15) is 17.4 Å². The van der Waals surface area contributed by atoms with Gasteiger partial charge in [-0.25, -0.2) is 23.4 Å². The highest BCUT2D eigenvalue weighted by Crippen LogP contribution is 2.22. The average molecular weight is 405 g/mol. The van der Waals surface area contributed by atoms with Gasteiger partial charge in [0.15, 0.2) is 5.70 Å². The molecule has 0 bridgehead atoms. The molecule has 1 heterocycles. The third-order valence-corrected chi connectivity index (χ3v) is 4.18. The van der Waals surface area contributed by atoms with Gasteiger partial charge in [0.05, 0.1) is 5.56 Å². The molecule has 0 atom stereocenters. The van der Waals surface area contributed by atoms with Gasteiger partial charge < -0.3 is 9.47 Å². The summed E-state index contributed by atoms with van der Waals surface area (Å²) in [6.45, 7) is 0. The van der Waals surface area contributed by atoms with E-state index < -0.39 is 23.6 Å². The van der Waals surface area contributed by atoms with E-state index in [1.807, 2.05) is 0 Å². The number of hydrogen-bond acceptors (Lipinski definition) is 5. The van der Waals surface area contributed by atoms with Crippen LogP contribution in [0.15, 0.2) is 83.5 Å². The monoisotopic (exact) mass is 405 g/mol. The molecule has 7 heteroatoms. The van der Waals surface area contributed by atoms with Crippen LogP contribution in [0.1, 0.15) is 21.5 Å². The van der Waals surface area contributed by atoms with Crippen LogP contribution >= 0.6 is 0 Å². The average Bonchev–Trinajstić information content (AvgIpc) is 3.09. The highest BCUT2D eigenvalue weighted by atomic mass is 19.1. The Labute approximate surface area is 169 Å². The molecule has 4 rings (SSSR count). The van der Waals surface area contributed by atoms with E-state index in [1.165, 1.54) is 66.7 Å². The molecule has 0 amide bonds. The minimum atomic E-state index is -0.838. The van der Waals surface area contributed by atoms with Gasteiger partial charge >= 0.3 is 11.9 Å². The molecule has 0 spiro atoms. The van der Waals surface area contributed by atoms with E-state index in [0.29, 0.717) is 11.1 Å². The van der Waals surface area contributed by atoms with Crippen molar-refractivity contribution >= 4 is 23.9 Å².